The Morgan fingerprint density at radius 2 is 2.09 bits per heavy atom. The van der Waals surface area contributed by atoms with E-state index in [0.29, 0.717) is 16.6 Å². The number of aromatic nitrogens is 2. The minimum atomic E-state index is -0.114. The molecule has 1 aliphatic heterocycles. The summed E-state index contributed by atoms with van der Waals surface area (Å²) in [6, 6.07) is 6.62. The number of pyridine rings is 2. The van der Waals surface area contributed by atoms with Gasteiger partial charge in [-0.1, -0.05) is 6.07 Å². The van der Waals surface area contributed by atoms with E-state index < -0.39 is 0 Å². The molecule has 9 heteroatoms. The molecule has 5 rings (SSSR count). The molecule has 0 bridgehead atoms. The van der Waals surface area contributed by atoms with E-state index in [0.717, 1.165) is 65.3 Å². The van der Waals surface area contributed by atoms with Gasteiger partial charge in [0.05, 0.1) is 17.8 Å². The van der Waals surface area contributed by atoms with E-state index in [2.05, 4.69) is 32.7 Å². The fourth-order valence-corrected chi connectivity index (χ4v) is 6.38. The van der Waals surface area contributed by atoms with E-state index in [4.69, 9.17) is 15.5 Å². The number of anilines is 2. The van der Waals surface area contributed by atoms with Crippen LogP contribution in [0.4, 0.5) is 11.5 Å². The largest absolute Gasteiger partial charge is 0.397 e. The standard InChI is InChI=1S/C25H32N6O2S/c1-13-9-14(2)28-25-21(13)22(26)23(34-25)24(32)29-16-6-7-17-15(10-16)5-8-20(30-17)31-11-18(27-3)19(12-31)33-4/h5,8-9,16,18-19,27H,6-7,10-12,26H2,1-4H3,(H,29,32)/t16-,18-,19-/m0/s1. The molecule has 0 radical (unpaired) electrons. The molecule has 3 atom stereocenters. The predicted octanol–water partition coefficient (Wildman–Crippen LogP) is 2.60. The average molecular weight is 481 g/mol. The summed E-state index contributed by atoms with van der Waals surface area (Å²) >= 11 is 1.37. The monoisotopic (exact) mass is 480 g/mol. The Hall–Kier alpha value is -2.75. The van der Waals surface area contributed by atoms with Crippen molar-refractivity contribution >= 4 is 39.0 Å². The molecule has 3 aromatic heterocycles. The highest BCUT2D eigenvalue weighted by Gasteiger charge is 2.33. The minimum Gasteiger partial charge on any atom is -0.397 e. The van der Waals surface area contributed by atoms with Gasteiger partial charge in [0.15, 0.2) is 0 Å². The highest BCUT2D eigenvalue weighted by atomic mass is 32.1. The van der Waals surface area contributed by atoms with Gasteiger partial charge in [-0.05, 0) is 63.4 Å². The predicted molar refractivity (Wildman–Crippen MR) is 137 cm³/mol. The van der Waals surface area contributed by atoms with Crippen molar-refractivity contribution in [1.29, 1.82) is 0 Å². The number of hydrogen-bond acceptors (Lipinski definition) is 8. The maximum Gasteiger partial charge on any atom is 0.263 e. The maximum absolute atomic E-state index is 13.1. The Bertz CT molecular complexity index is 1230. The second-order valence-corrected chi connectivity index (χ2v) is 10.4. The topological polar surface area (TPSA) is 105 Å². The molecular weight excluding hydrogens is 448 g/mol. The third-order valence-corrected chi connectivity index (χ3v) is 8.18. The van der Waals surface area contributed by atoms with Gasteiger partial charge in [-0.15, -0.1) is 11.3 Å². The third kappa shape index (κ3) is 4.12. The van der Waals surface area contributed by atoms with Crippen LogP contribution in [0.25, 0.3) is 10.2 Å². The lowest BCUT2D eigenvalue weighted by molar-refractivity contribution is 0.0938. The number of methoxy groups -OCH3 is 1. The molecule has 3 aromatic rings. The Morgan fingerprint density at radius 3 is 2.82 bits per heavy atom. The SMILES string of the molecule is CN[C@H]1CN(c2ccc3c(n2)CC[C@H](NC(=O)c2sc4nc(C)cc(C)c4c2N)C3)C[C@@H]1OC. The average Bonchev–Trinajstić information content (AvgIpc) is 3.39. The lowest BCUT2D eigenvalue weighted by atomic mass is 9.91. The molecule has 0 saturated carbocycles. The zero-order chi connectivity index (χ0) is 24.0. The number of nitrogens with zero attached hydrogens (tertiary/aromatic N) is 3. The van der Waals surface area contributed by atoms with E-state index >= 15 is 0 Å². The van der Waals surface area contributed by atoms with Crippen molar-refractivity contribution in [3.8, 4) is 0 Å². The number of ether oxygens (including phenoxy) is 1. The van der Waals surface area contributed by atoms with Gasteiger partial charge >= 0.3 is 0 Å². The van der Waals surface area contributed by atoms with E-state index in [-0.39, 0.29) is 18.1 Å². The van der Waals surface area contributed by atoms with Gasteiger partial charge in [-0.2, -0.15) is 0 Å². The number of carbonyl (C=O) groups excluding carboxylic acids is 1. The highest BCUT2D eigenvalue weighted by molar-refractivity contribution is 7.21. The first-order valence-electron chi connectivity index (χ1n) is 11.8. The van der Waals surface area contributed by atoms with Gasteiger partial charge < -0.3 is 26.0 Å². The summed E-state index contributed by atoms with van der Waals surface area (Å²) in [6.07, 6.45) is 2.63. The summed E-state index contributed by atoms with van der Waals surface area (Å²) in [6.45, 7) is 5.68. The van der Waals surface area contributed by atoms with Crippen LogP contribution in [0, 0.1) is 13.8 Å². The number of carbonyl (C=O) groups is 1. The second kappa shape index (κ2) is 9.13. The maximum atomic E-state index is 13.1. The molecule has 4 N–H and O–H groups in total. The van der Waals surface area contributed by atoms with Crippen molar-refractivity contribution in [2.24, 2.45) is 0 Å². The number of nitrogens with one attached hydrogen (secondary N) is 2. The third-order valence-electron chi connectivity index (χ3n) is 7.08. The first kappa shape index (κ1) is 23.0. The summed E-state index contributed by atoms with van der Waals surface area (Å²) in [5.74, 6) is 0.883. The number of nitrogen functional groups attached to an aromatic ring is 1. The van der Waals surface area contributed by atoms with E-state index in [9.17, 15) is 4.79 Å². The molecule has 8 nitrogen and oxygen atoms in total. The normalized spacial score (nSPS) is 22.2. The molecule has 1 amide bonds. The van der Waals surface area contributed by atoms with Crippen LogP contribution >= 0.6 is 11.3 Å². The molecule has 0 unspecified atom stereocenters. The Balaban J connectivity index is 1.28. The van der Waals surface area contributed by atoms with Crippen molar-refractivity contribution in [3.05, 3.63) is 45.6 Å². The number of aryl methyl sites for hydroxylation is 3. The summed E-state index contributed by atoms with van der Waals surface area (Å²) < 4.78 is 5.62. The van der Waals surface area contributed by atoms with Crippen LogP contribution in [0.2, 0.25) is 0 Å². The molecule has 0 spiro atoms. The van der Waals surface area contributed by atoms with E-state index in [1.54, 1.807) is 7.11 Å². The summed E-state index contributed by atoms with van der Waals surface area (Å²) in [7, 11) is 3.73. The molecule has 34 heavy (non-hydrogen) atoms. The number of amides is 1. The molecule has 0 aromatic carbocycles. The van der Waals surface area contributed by atoms with Crippen LogP contribution in [0.1, 0.15) is 38.6 Å². The van der Waals surface area contributed by atoms with Gasteiger partial charge in [0.25, 0.3) is 5.91 Å². The van der Waals surface area contributed by atoms with Crippen molar-refractivity contribution in [1.82, 2.24) is 20.6 Å². The van der Waals surface area contributed by atoms with Gasteiger partial charge in [0, 0.05) is 43.0 Å². The Labute approximate surface area is 203 Å². The number of nitrogens with two attached hydrogens (primary N) is 1. The van der Waals surface area contributed by atoms with Crippen LogP contribution in [0.3, 0.4) is 0 Å². The molecule has 1 fully saturated rings. The van der Waals surface area contributed by atoms with Gasteiger partial charge in [0.1, 0.15) is 15.5 Å². The zero-order valence-corrected chi connectivity index (χ0v) is 21.0. The lowest BCUT2D eigenvalue weighted by Crippen LogP contribution is -2.39. The molecule has 2 aliphatic rings. The number of fused-ring (bicyclic) bond motifs is 2. The zero-order valence-electron chi connectivity index (χ0n) is 20.1. The van der Waals surface area contributed by atoms with Gasteiger partial charge in [-0.25, -0.2) is 9.97 Å². The lowest BCUT2D eigenvalue weighted by Gasteiger charge is -2.26. The fourth-order valence-electron chi connectivity index (χ4n) is 5.26. The summed E-state index contributed by atoms with van der Waals surface area (Å²) in [4.78, 5) is 26.3. The van der Waals surface area contributed by atoms with Crippen LogP contribution in [0.15, 0.2) is 18.2 Å². The highest BCUT2D eigenvalue weighted by Crippen LogP contribution is 2.35. The molecule has 1 aliphatic carbocycles. The molecule has 4 heterocycles. The van der Waals surface area contributed by atoms with E-state index in [1.807, 2.05) is 27.0 Å². The van der Waals surface area contributed by atoms with E-state index in [1.165, 1.54) is 16.9 Å². The van der Waals surface area contributed by atoms with Crippen molar-refractivity contribution in [2.45, 2.75) is 51.3 Å². The van der Waals surface area contributed by atoms with Crippen molar-refractivity contribution in [3.63, 3.8) is 0 Å². The molecular formula is C25H32N6O2S. The molecule has 180 valence electrons. The van der Waals surface area contributed by atoms with Gasteiger partial charge in [0.2, 0.25) is 0 Å². The second-order valence-electron chi connectivity index (χ2n) is 9.37. The minimum absolute atomic E-state index is 0.0615. The summed E-state index contributed by atoms with van der Waals surface area (Å²) in [5, 5.41) is 7.44. The number of rotatable bonds is 5. The van der Waals surface area contributed by atoms with Crippen LogP contribution in [0.5, 0.6) is 0 Å². The summed E-state index contributed by atoms with van der Waals surface area (Å²) in [5.41, 5.74) is 11.2. The molecule has 1 saturated heterocycles. The number of hydrogen-bond donors (Lipinski definition) is 3. The Kier molecular flexibility index (Phi) is 6.18. The van der Waals surface area contributed by atoms with Crippen LogP contribution < -0.4 is 21.3 Å². The van der Waals surface area contributed by atoms with Crippen molar-refractivity contribution in [2.75, 3.05) is 37.9 Å². The van der Waals surface area contributed by atoms with Crippen molar-refractivity contribution < 1.29 is 9.53 Å². The number of thiophene rings is 1. The van der Waals surface area contributed by atoms with Gasteiger partial charge in [-0.3, -0.25) is 4.79 Å². The quantitative estimate of drug-likeness (QED) is 0.515. The van der Waals surface area contributed by atoms with Crippen LogP contribution in [-0.2, 0) is 17.6 Å². The Morgan fingerprint density at radius 1 is 1.26 bits per heavy atom. The number of likely N-dealkylation sites (N-methyl/N-ethyl adjacent to an activating group) is 1. The smallest absolute Gasteiger partial charge is 0.263 e. The first-order chi connectivity index (χ1) is 16.4. The first-order valence-corrected chi connectivity index (χ1v) is 12.6. The fraction of sp³-hybridized carbons (Fsp3) is 0.480. The van der Waals surface area contributed by atoms with Crippen LogP contribution in [-0.4, -0.2) is 61.3 Å².